The molecule has 3 unspecified atom stereocenters. The molecule has 0 heterocycles. The maximum Gasteiger partial charge on any atom is 0.00483 e. The van der Waals surface area contributed by atoms with Crippen molar-refractivity contribution in [3.05, 3.63) is 34.3 Å². The zero-order valence-corrected chi connectivity index (χ0v) is 19.5. The summed E-state index contributed by atoms with van der Waals surface area (Å²) in [4.78, 5) is 0. The quantitative estimate of drug-likeness (QED) is 0.300. The molecule has 1 rings (SSSR count). The van der Waals surface area contributed by atoms with Crippen LogP contribution in [-0.4, -0.2) is 0 Å². The second-order valence-electron chi connectivity index (χ2n) is 8.83. The van der Waals surface area contributed by atoms with Gasteiger partial charge < -0.3 is 0 Å². The van der Waals surface area contributed by atoms with Gasteiger partial charge in [-0.25, -0.2) is 0 Å². The van der Waals surface area contributed by atoms with Gasteiger partial charge in [0.2, 0.25) is 0 Å². The van der Waals surface area contributed by atoms with Crippen LogP contribution in [0.2, 0.25) is 0 Å². The standard InChI is InChI=1S/C27H46/c1-8-13-20-27(12-5,19-10-3)26(14-9-2)18-17-24(11-4)25-16-15-22(6)23(7)21-25/h18,22,26H,8-16,19-20H2,1-7H3. The van der Waals surface area contributed by atoms with E-state index in [4.69, 9.17) is 0 Å². The van der Waals surface area contributed by atoms with Gasteiger partial charge in [0, 0.05) is 11.1 Å². The van der Waals surface area contributed by atoms with E-state index in [-0.39, 0.29) is 0 Å². The van der Waals surface area contributed by atoms with E-state index in [9.17, 15) is 0 Å². The molecule has 0 aromatic carbocycles. The van der Waals surface area contributed by atoms with Crippen molar-refractivity contribution < 1.29 is 0 Å². The first-order valence-corrected chi connectivity index (χ1v) is 11.9. The first-order chi connectivity index (χ1) is 13.0. The molecule has 0 radical (unpaired) electrons. The molecule has 0 fully saturated rings. The van der Waals surface area contributed by atoms with E-state index in [2.05, 4.69) is 66.0 Å². The molecule has 0 spiro atoms. The molecular weight excluding hydrogens is 324 g/mol. The monoisotopic (exact) mass is 370 g/mol. The highest BCUT2D eigenvalue weighted by Gasteiger charge is 2.33. The van der Waals surface area contributed by atoms with Crippen LogP contribution in [0.25, 0.3) is 0 Å². The lowest BCUT2D eigenvalue weighted by atomic mass is 9.65. The predicted molar refractivity (Wildman–Crippen MR) is 122 cm³/mol. The molecule has 0 heteroatoms. The molecule has 0 nitrogen and oxygen atoms in total. The summed E-state index contributed by atoms with van der Waals surface area (Å²) in [6.45, 7) is 16.3. The number of allylic oxidation sites excluding steroid dienone is 2. The van der Waals surface area contributed by atoms with E-state index >= 15 is 0 Å². The molecule has 0 saturated heterocycles. The lowest BCUT2D eigenvalue weighted by Gasteiger charge is -2.39. The van der Waals surface area contributed by atoms with E-state index in [0.29, 0.717) is 17.3 Å². The van der Waals surface area contributed by atoms with Crippen molar-refractivity contribution in [2.24, 2.45) is 17.3 Å². The van der Waals surface area contributed by atoms with E-state index < -0.39 is 0 Å². The van der Waals surface area contributed by atoms with Crippen LogP contribution < -0.4 is 0 Å². The molecule has 0 bridgehead atoms. The molecule has 1 aliphatic carbocycles. The largest absolute Gasteiger partial charge is 0.120 e. The third-order valence-electron chi connectivity index (χ3n) is 6.96. The zero-order chi connectivity index (χ0) is 20.3. The van der Waals surface area contributed by atoms with Crippen LogP contribution in [0.5, 0.6) is 0 Å². The molecule has 0 aromatic heterocycles. The van der Waals surface area contributed by atoms with Crippen molar-refractivity contribution in [1.82, 2.24) is 0 Å². The van der Waals surface area contributed by atoms with Gasteiger partial charge in [-0.15, -0.1) is 11.5 Å². The summed E-state index contributed by atoms with van der Waals surface area (Å²) in [5, 5.41) is 0. The van der Waals surface area contributed by atoms with Crippen molar-refractivity contribution in [2.75, 3.05) is 0 Å². The van der Waals surface area contributed by atoms with Gasteiger partial charge in [0.1, 0.15) is 0 Å². The molecule has 3 atom stereocenters. The Bertz CT molecular complexity index is 563. The second-order valence-corrected chi connectivity index (χ2v) is 8.83. The first-order valence-electron chi connectivity index (χ1n) is 11.9. The second kappa shape index (κ2) is 12.5. The molecule has 27 heavy (non-hydrogen) atoms. The Morgan fingerprint density at radius 1 is 1.15 bits per heavy atom. The summed E-state index contributed by atoms with van der Waals surface area (Å²) in [5.74, 6) is 1.35. The summed E-state index contributed by atoms with van der Waals surface area (Å²) in [6, 6.07) is 0. The normalized spacial score (nSPS) is 20.2. The predicted octanol–water partition coefficient (Wildman–Crippen LogP) is 9.18. The average Bonchev–Trinajstić information content (AvgIpc) is 2.67. The fourth-order valence-corrected chi connectivity index (χ4v) is 4.85. The van der Waals surface area contributed by atoms with Gasteiger partial charge in [-0.05, 0) is 80.8 Å². The summed E-state index contributed by atoms with van der Waals surface area (Å²) in [6.07, 6.45) is 16.5. The van der Waals surface area contributed by atoms with Crippen LogP contribution in [0.1, 0.15) is 119 Å². The van der Waals surface area contributed by atoms with Gasteiger partial charge in [0.15, 0.2) is 0 Å². The Balaban J connectivity index is 3.30. The minimum Gasteiger partial charge on any atom is -0.120 e. The van der Waals surface area contributed by atoms with Crippen LogP contribution in [0.3, 0.4) is 0 Å². The van der Waals surface area contributed by atoms with Crippen molar-refractivity contribution >= 4 is 0 Å². The van der Waals surface area contributed by atoms with E-state index in [0.717, 1.165) is 6.42 Å². The fourth-order valence-electron chi connectivity index (χ4n) is 4.85. The number of unbranched alkanes of at least 4 members (excludes halogenated alkanes) is 1. The minimum atomic E-state index is 0.466. The maximum absolute atomic E-state index is 3.81. The Labute approximate surface area is 170 Å². The molecule has 0 amide bonds. The van der Waals surface area contributed by atoms with Gasteiger partial charge in [-0.1, -0.05) is 67.2 Å². The summed E-state index contributed by atoms with van der Waals surface area (Å²) in [5.41, 5.74) is 12.2. The van der Waals surface area contributed by atoms with E-state index in [1.165, 1.54) is 80.9 Å². The van der Waals surface area contributed by atoms with Crippen molar-refractivity contribution in [2.45, 2.75) is 119 Å². The highest BCUT2D eigenvalue weighted by atomic mass is 14.4. The lowest BCUT2D eigenvalue weighted by molar-refractivity contribution is 0.139. The fraction of sp³-hybridized carbons (Fsp3) is 0.778. The van der Waals surface area contributed by atoms with Gasteiger partial charge in [-0.2, -0.15) is 0 Å². The summed E-state index contributed by atoms with van der Waals surface area (Å²) >= 11 is 0. The van der Waals surface area contributed by atoms with E-state index in [1.54, 1.807) is 0 Å². The van der Waals surface area contributed by atoms with Gasteiger partial charge in [0.25, 0.3) is 0 Å². The Kier molecular flexibility index (Phi) is 11.1. The molecular formula is C27H46. The third-order valence-corrected chi connectivity index (χ3v) is 6.96. The number of rotatable bonds is 12. The number of hydrogen-bond acceptors (Lipinski definition) is 0. The first kappa shape index (κ1) is 24.1. The highest BCUT2D eigenvalue weighted by Crippen LogP contribution is 2.44. The van der Waals surface area contributed by atoms with Gasteiger partial charge in [-0.3, -0.25) is 0 Å². The minimum absolute atomic E-state index is 0.466. The SMILES string of the molecule is CCCCC(CC)(CCC)C(C=C=C(CC)C1=C=C(C)C(C)CC1)CCC. The van der Waals surface area contributed by atoms with E-state index in [1.807, 2.05) is 0 Å². The van der Waals surface area contributed by atoms with Gasteiger partial charge >= 0.3 is 0 Å². The van der Waals surface area contributed by atoms with Crippen molar-refractivity contribution in [3.63, 3.8) is 0 Å². The molecule has 0 saturated carbocycles. The Hall–Kier alpha value is -0.960. The molecule has 154 valence electrons. The average molecular weight is 371 g/mol. The van der Waals surface area contributed by atoms with Crippen molar-refractivity contribution in [3.8, 4) is 0 Å². The van der Waals surface area contributed by atoms with Crippen LogP contribution in [-0.2, 0) is 0 Å². The topological polar surface area (TPSA) is 0 Å². The molecule has 1 aliphatic rings. The highest BCUT2D eigenvalue weighted by molar-refractivity contribution is 5.33. The van der Waals surface area contributed by atoms with Crippen molar-refractivity contribution in [1.29, 1.82) is 0 Å². The molecule has 0 aromatic rings. The summed E-state index contributed by atoms with van der Waals surface area (Å²) < 4.78 is 0. The number of hydrogen-bond donors (Lipinski definition) is 0. The van der Waals surface area contributed by atoms with Crippen LogP contribution in [0.4, 0.5) is 0 Å². The maximum atomic E-state index is 3.81. The van der Waals surface area contributed by atoms with Crippen LogP contribution in [0.15, 0.2) is 34.3 Å². The lowest BCUT2D eigenvalue weighted by Crippen LogP contribution is -2.29. The summed E-state index contributed by atoms with van der Waals surface area (Å²) in [7, 11) is 0. The Morgan fingerprint density at radius 3 is 2.41 bits per heavy atom. The Morgan fingerprint density at radius 2 is 1.89 bits per heavy atom. The zero-order valence-electron chi connectivity index (χ0n) is 19.5. The molecule has 0 N–H and O–H groups in total. The van der Waals surface area contributed by atoms with Gasteiger partial charge in [0.05, 0.1) is 0 Å². The van der Waals surface area contributed by atoms with Crippen LogP contribution in [0, 0.1) is 17.3 Å². The smallest absolute Gasteiger partial charge is 0.00483 e. The van der Waals surface area contributed by atoms with Crippen LogP contribution >= 0.6 is 0 Å². The molecule has 0 aliphatic heterocycles. The third kappa shape index (κ3) is 6.85.